The normalized spacial score (nSPS) is 16.7. The van der Waals surface area contributed by atoms with Crippen LogP contribution in [0.2, 0.25) is 0 Å². The monoisotopic (exact) mass is 335 g/mol. The molecule has 0 aliphatic heterocycles. The van der Waals surface area contributed by atoms with Crippen LogP contribution in [0.1, 0.15) is 48.9 Å². The molecule has 0 spiro atoms. The van der Waals surface area contributed by atoms with E-state index in [2.05, 4.69) is 46.5 Å². The Morgan fingerprint density at radius 1 is 1.24 bits per heavy atom. The first-order valence-electron chi connectivity index (χ1n) is 8.97. The van der Waals surface area contributed by atoms with Crippen molar-refractivity contribution in [3.63, 3.8) is 0 Å². The number of rotatable bonds is 5. The summed E-state index contributed by atoms with van der Waals surface area (Å²) in [6, 6.07) is 8.73. The quantitative estimate of drug-likeness (QED) is 0.845. The summed E-state index contributed by atoms with van der Waals surface area (Å²) >= 11 is 0. The molecule has 0 atom stereocenters. The molecular weight excluding hydrogens is 310 g/mol. The van der Waals surface area contributed by atoms with Gasteiger partial charge in [0.25, 0.3) is 0 Å². The second kappa shape index (κ2) is 8.06. The van der Waals surface area contributed by atoms with Crippen molar-refractivity contribution in [2.45, 2.75) is 44.4 Å². The van der Waals surface area contributed by atoms with Gasteiger partial charge < -0.3 is 5.32 Å². The molecule has 4 nitrogen and oxygen atoms in total. The molecule has 3 rings (SSSR count). The first kappa shape index (κ1) is 17.3. The second-order valence-electron chi connectivity index (χ2n) is 6.89. The molecular formula is C21H25N3O. The number of carbonyl (C=O) groups is 1. The largest absolute Gasteiger partial charge is 0.352 e. The molecule has 130 valence electrons. The average molecular weight is 335 g/mol. The van der Waals surface area contributed by atoms with Gasteiger partial charge in [0.1, 0.15) is 0 Å². The van der Waals surface area contributed by atoms with Gasteiger partial charge in [-0.3, -0.25) is 14.8 Å². The van der Waals surface area contributed by atoms with Crippen molar-refractivity contribution in [3.05, 3.63) is 65.8 Å². The summed E-state index contributed by atoms with van der Waals surface area (Å²) in [7, 11) is 0. The first-order chi connectivity index (χ1) is 12.2. The van der Waals surface area contributed by atoms with Gasteiger partial charge in [-0.15, -0.1) is 0 Å². The SMILES string of the molecule is Cc1cccc(C2(CNC(=O)/C=C/c3cnccn3)CCCCC2)c1. The maximum Gasteiger partial charge on any atom is 0.244 e. The van der Waals surface area contributed by atoms with Crippen molar-refractivity contribution < 1.29 is 4.79 Å². The first-order valence-corrected chi connectivity index (χ1v) is 8.97. The second-order valence-corrected chi connectivity index (χ2v) is 6.89. The molecule has 1 aromatic carbocycles. The van der Waals surface area contributed by atoms with Gasteiger partial charge in [-0.2, -0.15) is 0 Å². The van der Waals surface area contributed by atoms with Gasteiger partial charge in [-0.1, -0.05) is 49.1 Å². The number of carbonyl (C=O) groups excluding carboxylic acids is 1. The molecule has 0 unspecified atom stereocenters. The molecule has 1 aliphatic rings. The fourth-order valence-corrected chi connectivity index (χ4v) is 3.64. The molecule has 1 amide bonds. The Bertz CT molecular complexity index is 734. The van der Waals surface area contributed by atoms with Crippen LogP contribution in [0.25, 0.3) is 6.08 Å². The van der Waals surface area contributed by atoms with Crippen LogP contribution in [0.5, 0.6) is 0 Å². The minimum Gasteiger partial charge on any atom is -0.352 e. The highest BCUT2D eigenvalue weighted by atomic mass is 16.1. The van der Waals surface area contributed by atoms with E-state index >= 15 is 0 Å². The van der Waals surface area contributed by atoms with Gasteiger partial charge in [0.15, 0.2) is 0 Å². The van der Waals surface area contributed by atoms with E-state index in [4.69, 9.17) is 0 Å². The van der Waals surface area contributed by atoms with E-state index in [-0.39, 0.29) is 11.3 Å². The van der Waals surface area contributed by atoms with E-state index in [0.29, 0.717) is 12.2 Å². The highest BCUT2D eigenvalue weighted by molar-refractivity contribution is 5.91. The zero-order chi connectivity index (χ0) is 17.5. The Kier molecular flexibility index (Phi) is 5.59. The third-order valence-electron chi connectivity index (χ3n) is 5.03. The Hall–Kier alpha value is -2.49. The highest BCUT2D eigenvalue weighted by Gasteiger charge is 2.34. The smallest absolute Gasteiger partial charge is 0.244 e. The van der Waals surface area contributed by atoms with Gasteiger partial charge in [0.2, 0.25) is 5.91 Å². The van der Waals surface area contributed by atoms with Gasteiger partial charge in [0, 0.05) is 30.4 Å². The third-order valence-corrected chi connectivity index (χ3v) is 5.03. The number of hydrogen-bond donors (Lipinski definition) is 1. The van der Waals surface area contributed by atoms with E-state index in [9.17, 15) is 4.79 Å². The van der Waals surface area contributed by atoms with Crippen molar-refractivity contribution in [2.24, 2.45) is 0 Å². The summed E-state index contributed by atoms with van der Waals surface area (Å²) in [5.41, 5.74) is 3.37. The maximum absolute atomic E-state index is 12.3. The number of nitrogens with zero attached hydrogens (tertiary/aromatic N) is 2. The van der Waals surface area contributed by atoms with Crippen molar-refractivity contribution in [1.29, 1.82) is 0 Å². The molecule has 4 heteroatoms. The topological polar surface area (TPSA) is 54.9 Å². The van der Waals surface area contributed by atoms with Crippen LogP contribution in [0.4, 0.5) is 0 Å². The summed E-state index contributed by atoms with van der Waals surface area (Å²) in [6.45, 7) is 2.81. The van der Waals surface area contributed by atoms with Crippen LogP contribution < -0.4 is 5.32 Å². The van der Waals surface area contributed by atoms with Crippen molar-refractivity contribution in [1.82, 2.24) is 15.3 Å². The number of aryl methyl sites for hydroxylation is 1. The summed E-state index contributed by atoms with van der Waals surface area (Å²) in [6.07, 6.45) is 14.1. The molecule has 25 heavy (non-hydrogen) atoms. The average Bonchev–Trinajstić information content (AvgIpc) is 2.66. The summed E-state index contributed by atoms with van der Waals surface area (Å²) in [5, 5.41) is 3.11. The summed E-state index contributed by atoms with van der Waals surface area (Å²) < 4.78 is 0. The lowest BCUT2D eigenvalue weighted by Gasteiger charge is -2.38. The van der Waals surface area contributed by atoms with Gasteiger partial charge >= 0.3 is 0 Å². The Labute approximate surface area is 149 Å². The van der Waals surface area contributed by atoms with Crippen molar-refractivity contribution >= 4 is 12.0 Å². The molecule has 1 heterocycles. The molecule has 0 radical (unpaired) electrons. The highest BCUT2D eigenvalue weighted by Crippen LogP contribution is 2.39. The van der Waals surface area contributed by atoms with Gasteiger partial charge in [-0.25, -0.2) is 0 Å². The Morgan fingerprint density at radius 3 is 2.80 bits per heavy atom. The van der Waals surface area contributed by atoms with Crippen LogP contribution in [0.15, 0.2) is 48.9 Å². The predicted octanol–water partition coefficient (Wildman–Crippen LogP) is 3.82. The Balaban J connectivity index is 1.69. The molecule has 1 saturated carbocycles. The number of hydrogen-bond acceptors (Lipinski definition) is 3. The molecule has 1 N–H and O–H groups in total. The zero-order valence-corrected chi connectivity index (χ0v) is 14.7. The van der Waals surface area contributed by atoms with Crippen LogP contribution in [0, 0.1) is 6.92 Å². The zero-order valence-electron chi connectivity index (χ0n) is 14.7. The molecule has 1 aromatic heterocycles. The molecule has 0 saturated heterocycles. The number of benzene rings is 1. The number of amides is 1. The van der Waals surface area contributed by atoms with Crippen LogP contribution in [-0.4, -0.2) is 22.4 Å². The predicted molar refractivity (Wildman–Crippen MR) is 100 cm³/mol. The Morgan fingerprint density at radius 2 is 2.08 bits per heavy atom. The van der Waals surface area contributed by atoms with Crippen LogP contribution in [-0.2, 0) is 10.2 Å². The lowest BCUT2D eigenvalue weighted by Crippen LogP contribution is -2.41. The number of aromatic nitrogens is 2. The minimum absolute atomic E-state index is 0.0559. The van der Waals surface area contributed by atoms with E-state index in [1.165, 1.54) is 36.5 Å². The fraction of sp³-hybridized carbons (Fsp3) is 0.381. The van der Waals surface area contributed by atoms with Crippen LogP contribution in [0.3, 0.4) is 0 Å². The molecule has 1 aliphatic carbocycles. The van der Waals surface area contributed by atoms with Crippen molar-refractivity contribution in [3.8, 4) is 0 Å². The van der Waals surface area contributed by atoms with Gasteiger partial charge in [0.05, 0.1) is 11.9 Å². The maximum atomic E-state index is 12.3. The summed E-state index contributed by atoms with van der Waals surface area (Å²) in [4.78, 5) is 20.4. The minimum atomic E-state index is -0.0803. The van der Waals surface area contributed by atoms with E-state index < -0.39 is 0 Å². The standard InChI is InChI=1S/C21H25N3O/c1-17-6-5-7-18(14-17)21(10-3-2-4-11-21)16-24-20(25)9-8-19-15-22-12-13-23-19/h5-9,12-15H,2-4,10-11,16H2,1H3,(H,24,25)/b9-8+. The molecule has 1 fully saturated rings. The van der Waals surface area contributed by atoms with Crippen LogP contribution >= 0.6 is 0 Å². The molecule has 2 aromatic rings. The van der Waals surface area contributed by atoms with Crippen molar-refractivity contribution in [2.75, 3.05) is 6.54 Å². The van der Waals surface area contributed by atoms with Gasteiger partial charge in [-0.05, 0) is 31.4 Å². The van der Waals surface area contributed by atoms with E-state index in [0.717, 1.165) is 12.8 Å². The number of nitrogens with one attached hydrogen (secondary N) is 1. The molecule has 0 bridgehead atoms. The fourth-order valence-electron chi connectivity index (χ4n) is 3.64. The summed E-state index contributed by atoms with van der Waals surface area (Å²) in [5.74, 6) is -0.0803. The third kappa shape index (κ3) is 4.53. The lowest BCUT2D eigenvalue weighted by atomic mass is 9.69. The lowest BCUT2D eigenvalue weighted by molar-refractivity contribution is -0.116. The van der Waals surface area contributed by atoms with E-state index in [1.54, 1.807) is 24.7 Å². The van der Waals surface area contributed by atoms with E-state index in [1.807, 2.05) is 0 Å².